The molecule has 0 radical (unpaired) electrons. The number of fused-ring (bicyclic) bond motifs is 1. The van der Waals surface area contributed by atoms with Gasteiger partial charge in [-0.2, -0.15) is 4.98 Å². The normalized spacial score (nSPS) is 29.6. The van der Waals surface area contributed by atoms with E-state index in [2.05, 4.69) is 10.1 Å². The van der Waals surface area contributed by atoms with Crippen molar-refractivity contribution < 1.29 is 33.7 Å². The van der Waals surface area contributed by atoms with Gasteiger partial charge in [-0.3, -0.25) is 18.8 Å². The number of imidazole rings is 1. The van der Waals surface area contributed by atoms with Crippen LogP contribution in [0, 0.1) is 11.3 Å². The van der Waals surface area contributed by atoms with Crippen molar-refractivity contribution >= 4 is 22.7 Å². The van der Waals surface area contributed by atoms with Gasteiger partial charge in [-0.05, 0) is 53.0 Å². The summed E-state index contributed by atoms with van der Waals surface area (Å²) in [5.74, 6) is -1.78. The van der Waals surface area contributed by atoms with E-state index in [-0.39, 0.29) is 53.2 Å². The number of hydrogen-bond acceptors (Lipinski definition) is 12. The number of aryl methyl sites for hydroxylation is 1. The van der Waals surface area contributed by atoms with Crippen molar-refractivity contribution in [2.24, 2.45) is 23.5 Å². The molecule has 6 atom stereocenters. The maximum Gasteiger partial charge on any atom is 0.330 e. The third-order valence-electron chi connectivity index (χ3n) is 11.0. The standard InChI is InChI=1S/C33H50N6O8/c1-7-10-22(27(40)32(3)13-8-9-14-33(32)45-17-18-46-33)24(36-42)28-34-29-26(38(5)31(41)39(29)21-12-16-44-19-21)30(35-28)47-20(2)25-23(43-6)11-15-37(25)4/h20-23,25,42H,7-19H2,1-6H3/b36-24-/t20-,21+,22?,23-,25+,32+/m0/s1. The Morgan fingerprint density at radius 1 is 1.15 bits per heavy atom. The number of likely N-dealkylation sites (tertiary alicyclic amines) is 1. The quantitative estimate of drug-likeness (QED) is 0.215. The number of nitrogens with zero attached hydrogens (tertiary/aromatic N) is 6. The summed E-state index contributed by atoms with van der Waals surface area (Å²) in [4.78, 5) is 40.4. The summed E-state index contributed by atoms with van der Waals surface area (Å²) >= 11 is 0. The minimum atomic E-state index is -1.02. The molecule has 1 spiro atoms. The van der Waals surface area contributed by atoms with Crippen LogP contribution < -0.4 is 10.4 Å². The maximum atomic E-state index is 14.8. The average molecular weight is 659 g/mol. The van der Waals surface area contributed by atoms with Gasteiger partial charge in [-0.1, -0.05) is 24.9 Å². The van der Waals surface area contributed by atoms with Crippen molar-refractivity contribution in [2.45, 2.75) is 102 Å². The second-order valence-corrected chi connectivity index (χ2v) is 13.8. The highest BCUT2D eigenvalue weighted by atomic mass is 16.7. The first-order chi connectivity index (χ1) is 22.6. The fourth-order valence-corrected chi connectivity index (χ4v) is 8.45. The lowest BCUT2D eigenvalue weighted by molar-refractivity contribution is -0.245. The van der Waals surface area contributed by atoms with Gasteiger partial charge in [0.05, 0.1) is 49.3 Å². The lowest BCUT2D eigenvalue weighted by Gasteiger charge is -2.47. The van der Waals surface area contributed by atoms with Crippen LogP contribution in [0.5, 0.6) is 5.88 Å². The molecule has 0 aromatic carbocycles. The van der Waals surface area contributed by atoms with Crippen molar-refractivity contribution in [3.63, 3.8) is 0 Å². The Bertz CT molecular complexity index is 1540. The molecule has 3 aliphatic heterocycles. The van der Waals surface area contributed by atoms with Gasteiger partial charge in [0.15, 0.2) is 28.6 Å². The summed E-state index contributed by atoms with van der Waals surface area (Å²) in [6, 6.07) is -0.302. The third kappa shape index (κ3) is 5.69. The largest absolute Gasteiger partial charge is 0.471 e. The fourth-order valence-electron chi connectivity index (χ4n) is 8.45. The van der Waals surface area contributed by atoms with Crippen molar-refractivity contribution in [3.05, 3.63) is 16.3 Å². The van der Waals surface area contributed by atoms with E-state index in [1.807, 2.05) is 27.8 Å². The van der Waals surface area contributed by atoms with Gasteiger partial charge in [0, 0.05) is 33.7 Å². The Balaban J connectivity index is 1.47. The summed E-state index contributed by atoms with van der Waals surface area (Å²) in [7, 11) is 5.41. The molecule has 3 saturated heterocycles. The Labute approximate surface area is 275 Å². The molecule has 14 heteroatoms. The molecule has 1 saturated carbocycles. The van der Waals surface area contributed by atoms with Crippen molar-refractivity contribution in [1.82, 2.24) is 24.0 Å². The highest BCUT2D eigenvalue weighted by molar-refractivity contribution is 6.13. The summed E-state index contributed by atoms with van der Waals surface area (Å²) in [6.45, 7) is 8.46. The van der Waals surface area contributed by atoms with Crippen molar-refractivity contribution in [3.8, 4) is 5.88 Å². The zero-order chi connectivity index (χ0) is 33.5. The first-order valence-corrected chi connectivity index (χ1v) is 17.1. The van der Waals surface area contributed by atoms with E-state index in [0.29, 0.717) is 69.7 Å². The summed E-state index contributed by atoms with van der Waals surface area (Å²) in [5.41, 5.74) is -0.436. The molecule has 1 unspecified atom stereocenters. The first kappa shape index (κ1) is 34.0. The summed E-state index contributed by atoms with van der Waals surface area (Å²) < 4.78 is 33.6. The number of ketones is 1. The highest BCUT2D eigenvalue weighted by Gasteiger charge is 2.60. The Morgan fingerprint density at radius 3 is 2.55 bits per heavy atom. The van der Waals surface area contributed by atoms with Crippen LogP contribution in [0.2, 0.25) is 0 Å². The van der Waals surface area contributed by atoms with Gasteiger partial charge in [0.25, 0.3) is 0 Å². The smallest absolute Gasteiger partial charge is 0.330 e. The Morgan fingerprint density at radius 2 is 1.89 bits per heavy atom. The van der Waals surface area contributed by atoms with Crippen molar-refractivity contribution in [1.29, 1.82) is 0 Å². The van der Waals surface area contributed by atoms with Crippen LogP contribution in [0.3, 0.4) is 0 Å². The molecule has 5 heterocycles. The maximum absolute atomic E-state index is 14.8. The molecule has 6 rings (SSSR count). The molecule has 47 heavy (non-hydrogen) atoms. The van der Waals surface area contributed by atoms with E-state index in [9.17, 15) is 14.8 Å². The predicted octanol–water partition coefficient (Wildman–Crippen LogP) is 3.06. The molecule has 0 bridgehead atoms. The lowest BCUT2D eigenvalue weighted by atomic mass is 9.64. The summed E-state index contributed by atoms with van der Waals surface area (Å²) in [6.07, 6.45) is 5.10. The van der Waals surface area contributed by atoms with Gasteiger partial charge in [0.1, 0.15) is 11.8 Å². The van der Waals surface area contributed by atoms with Gasteiger partial charge >= 0.3 is 5.69 Å². The van der Waals surface area contributed by atoms with E-state index in [4.69, 9.17) is 33.7 Å². The topological polar surface area (TPSA) is 152 Å². The molecule has 1 aliphatic carbocycles. The molecule has 14 nitrogen and oxygen atoms in total. The van der Waals surface area contributed by atoms with E-state index in [1.54, 1.807) is 18.7 Å². The van der Waals surface area contributed by atoms with Crippen LogP contribution in [0.15, 0.2) is 9.95 Å². The number of methoxy groups -OCH3 is 1. The number of aromatic nitrogens is 4. The number of carbonyl (C=O) groups is 1. The zero-order valence-corrected chi connectivity index (χ0v) is 28.6. The zero-order valence-electron chi connectivity index (χ0n) is 28.6. The number of Topliss-reactive ketones (excluding diaryl/α,β-unsaturated/α-hetero) is 1. The van der Waals surface area contributed by atoms with Crippen LogP contribution >= 0.6 is 0 Å². The van der Waals surface area contributed by atoms with Crippen molar-refractivity contribution in [2.75, 3.05) is 47.1 Å². The molecule has 2 aromatic heterocycles. The number of likely N-dealkylation sites (N-methyl/N-ethyl adjacent to an activating group) is 1. The fraction of sp³-hybridized carbons (Fsp3) is 0.788. The molecule has 4 fully saturated rings. The van der Waals surface area contributed by atoms with Crippen LogP contribution in [-0.4, -0.2) is 112 Å². The van der Waals surface area contributed by atoms with Gasteiger partial charge in [0.2, 0.25) is 5.88 Å². The first-order valence-electron chi connectivity index (χ1n) is 17.1. The van der Waals surface area contributed by atoms with E-state index in [1.165, 1.54) is 4.57 Å². The molecule has 0 amide bonds. The highest BCUT2D eigenvalue weighted by Crippen LogP contribution is 2.51. The molecule has 4 aliphatic rings. The van der Waals surface area contributed by atoms with Crippen LogP contribution in [0.4, 0.5) is 0 Å². The number of rotatable bonds is 11. The SMILES string of the molecule is CCCC(C(=O)[C@@]1(C)CCCCC12OCCO2)/C(=N/O)c1nc(O[C@@H](C)[C@@H]2[C@@H](OC)CCN2C)c2c(n1)n([C@@H]1CCOC1)c(=O)n2C. The van der Waals surface area contributed by atoms with Crippen LogP contribution in [0.25, 0.3) is 11.2 Å². The minimum Gasteiger partial charge on any atom is -0.471 e. The number of carbonyl (C=O) groups excluding carboxylic acids is 1. The Kier molecular flexibility index (Phi) is 9.79. The van der Waals surface area contributed by atoms with Gasteiger partial charge in [-0.15, -0.1) is 0 Å². The predicted molar refractivity (Wildman–Crippen MR) is 172 cm³/mol. The number of hydrogen-bond donors (Lipinski definition) is 1. The van der Waals surface area contributed by atoms with E-state index >= 15 is 0 Å². The van der Waals surface area contributed by atoms with E-state index < -0.39 is 17.1 Å². The second-order valence-electron chi connectivity index (χ2n) is 13.8. The minimum absolute atomic E-state index is 0.0366. The molecule has 260 valence electrons. The molecular weight excluding hydrogens is 608 g/mol. The summed E-state index contributed by atoms with van der Waals surface area (Å²) in [5, 5.41) is 14.4. The monoisotopic (exact) mass is 658 g/mol. The average Bonchev–Trinajstić information content (AvgIpc) is 3.87. The molecular formula is C33H50N6O8. The second kappa shape index (κ2) is 13.5. The lowest BCUT2D eigenvalue weighted by Crippen LogP contribution is -2.56. The van der Waals surface area contributed by atoms with E-state index in [0.717, 1.165) is 25.8 Å². The number of ether oxygens (including phenoxy) is 5. The molecule has 1 N–H and O–H groups in total. The van der Waals surface area contributed by atoms with Gasteiger partial charge in [-0.25, -0.2) is 9.78 Å². The Hall–Kier alpha value is -2.91. The molecule has 2 aromatic rings. The van der Waals surface area contributed by atoms with Crippen LogP contribution in [0.1, 0.15) is 84.0 Å². The van der Waals surface area contributed by atoms with Crippen LogP contribution in [-0.2, 0) is 30.8 Å². The van der Waals surface area contributed by atoms with Gasteiger partial charge < -0.3 is 28.9 Å². The number of oxime groups is 1. The third-order valence-corrected chi connectivity index (χ3v) is 11.0.